The maximum Gasteiger partial charge on any atom is 0.311 e. The summed E-state index contributed by atoms with van der Waals surface area (Å²) in [5, 5.41) is 14.7. The van der Waals surface area contributed by atoms with Crippen molar-refractivity contribution in [2.24, 2.45) is 5.41 Å². The SMILES string of the molecule is CC1(C)Cc2nc(NC3CCCC3)c([N+](=O)[O-])cc2C(C=O)C1. The molecule has 2 aliphatic rings. The van der Waals surface area contributed by atoms with Crippen molar-refractivity contribution in [3.8, 4) is 0 Å². The Balaban J connectivity index is 2.02. The van der Waals surface area contributed by atoms with E-state index in [-0.39, 0.29) is 23.1 Å². The van der Waals surface area contributed by atoms with Gasteiger partial charge in [0.05, 0.1) is 4.92 Å². The van der Waals surface area contributed by atoms with Crippen molar-refractivity contribution in [2.75, 3.05) is 5.32 Å². The van der Waals surface area contributed by atoms with E-state index in [1.165, 1.54) is 0 Å². The van der Waals surface area contributed by atoms with E-state index >= 15 is 0 Å². The molecule has 6 nitrogen and oxygen atoms in total. The number of nitrogens with zero attached hydrogens (tertiary/aromatic N) is 2. The van der Waals surface area contributed by atoms with Gasteiger partial charge in [-0.3, -0.25) is 10.1 Å². The first kappa shape index (κ1) is 15.9. The number of carbonyl (C=O) groups excluding carboxylic acids is 1. The number of hydrogen-bond donors (Lipinski definition) is 1. The molecule has 0 saturated heterocycles. The van der Waals surface area contributed by atoms with E-state index in [1.807, 2.05) is 0 Å². The van der Waals surface area contributed by atoms with E-state index in [0.717, 1.165) is 49.6 Å². The van der Waals surface area contributed by atoms with E-state index in [0.29, 0.717) is 12.2 Å². The van der Waals surface area contributed by atoms with Crippen LogP contribution in [0.2, 0.25) is 0 Å². The Bertz CT molecular complexity index is 636. The molecule has 1 atom stereocenters. The third-order valence-electron chi connectivity index (χ3n) is 4.99. The van der Waals surface area contributed by atoms with Crippen LogP contribution >= 0.6 is 0 Å². The van der Waals surface area contributed by atoms with Crippen LogP contribution in [0, 0.1) is 15.5 Å². The van der Waals surface area contributed by atoms with Crippen LogP contribution in [0.15, 0.2) is 6.07 Å². The second-order valence-electron chi connectivity index (χ2n) is 7.56. The molecule has 1 aromatic rings. The highest BCUT2D eigenvalue weighted by atomic mass is 16.6. The first-order chi connectivity index (χ1) is 10.9. The highest BCUT2D eigenvalue weighted by Crippen LogP contribution is 2.43. The van der Waals surface area contributed by atoms with Gasteiger partial charge >= 0.3 is 5.69 Å². The van der Waals surface area contributed by atoms with Crippen LogP contribution in [0.1, 0.15) is 63.1 Å². The molecule has 1 heterocycles. The van der Waals surface area contributed by atoms with Gasteiger partial charge in [0.2, 0.25) is 5.82 Å². The Kier molecular flexibility index (Phi) is 4.08. The van der Waals surface area contributed by atoms with Crippen LogP contribution in [0.4, 0.5) is 11.5 Å². The number of fused-ring (bicyclic) bond motifs is 1. The average molecular weight is 317 g/mol. The zero-order chi connectivity index (χ0) is 16.6. The minimum Gasteiger partial charge on any atom is -0.362 e. The monoisotopic (exact) mass is 317 g/mol. The number of aldehydes is 1. The molecule has 6 heteroatoms. The van der Waals surface area contributed by atoms with Gasteiger partial charge in [0.25, 0.3) is 0 Å². The fraction of sp³-hybridized carbons (Fsp3) is 0.647. The average Bonchev–Trinajstić information content (AvgIpc) is 2.97. The number of aromatic nitrogens is 1. The van der Waals surface area contributed by atoms with Crippen molar-refractivity contribution < 1.29 is 9.72 Å². The van der Waals surface area contributed by atoms with Gasteiger partial charge in [-0.2, -0.15) is 0 Å². The first-order valence-corrected chi connectivity index (χ1v) is 8.30. The number of rotatable bonds is 4. The normalized spacial score (nSPS) is 23.3. The molecular formula is C17H23N3O3. The zero-order valence-electron chi connectivity index (χ0n) is 13.7. The standard InChI is InChI=1S/C17H23N3O3/c1-17(2)8-11(10-21)13-7-15(20(22)23)16(19-14(13)9-17)18-12-5-3-4-6-12/h7,10-12H,3-6,8-9H2,1-2H3,(H,18,19). The summed E-state index contributed by atoms with van der Waals surface area (Å²) in [6.45, 7) is 4.22. The molecule has 0 radical (unpaired) electrons. The molecule has 0 aromatic carbocycles. The van der Waals surface area contributed by atoms with Gasteiger partial charge in [0.15, 0.2) is 0 Å². The van der Waals surface area contributed by atoms with Crippen LogP contribution in [0.5, 0.6) is 0 Å². The fourth-order valence-corrected chi connectivity index (χ4v) is 3.88. The molecule has 0 amide bonds. The molecule has 1 N–H and O–H groups in total. The first-order valence-electron chi connectivity index (χ1n) is 8.30. The van der Waals surface area contributed by atoms with Crippen LogP contribution in [-0.4, -0.2) is 22.2 Å². The van der Waals surface area contributed by atoms with Crippen molar-refractivity contribution in [3.05, 3.63) is 27.4 Å². The number of pyridine rings is 1. The zero-order valence-corrected chi connectivity index (χ0v) is 13.7. The predicted molar refractivity (Wildman–Crippen MR) is 87.7 cm³/mol. The molecule has 1 fully saturated rings. The van der Waals surface area contributed by atoms with E-state index in [1.54, 1.807) is 6.07 Å². The quantitative estimate of drug-likeness (QED) is 0.521. The van der Waals surface area contributed by atoms with Gasteiger partial charge in [0.1, 0.15) is 6.29 Å². The molecule has 0 bridgehead atoms. The molecule has 1 saturated carbocycles. The molecule has 1 aromatic heterocycles. The summed E-state index contributed by atoms with van der Waals surface area (Å²) in [4.78, 5) is 27.1. The van der Waals surface area contributed by atoms with Gasteiger partial charge in [-0.05, 0) is 36.7 Å². The third kappa shape index (κ3) is 3.21. The summed E-state index contributed by atoms with van der Waals surface area (Å²) in [6, 6.07) is 1.83. The Hall–Kier alpha value is -1.98. The number of anilines is 1. The van der Waals surface area contributed by atoms with Gasteiger partial charge in [0, 0.05) is 23.7 Å². The van der Waals surface area contributed by atoms with Crippen molar-refractivity contribution in [3.63, 3.8) is 0 Å². The maximum atomic E-state index is 11.4. The number of nitro groups is 1. The van der Waals surface area contributed by atoms with Crippen molar-refractivity contribution in [1.29, 1.82) is 0 Å². The van der Waals surface area contributed by atoms with Crippen molar-refractivity contribution >= 4 is 17.8 Å². The van der Waals surface area contributed by atoms with Gasteiger partial charge < -0.3 is 10.1 Å². The Morgan fingerprint density at radius 1 is 1.39 bits per heavy atom. The van der Waals surface area contributed by atoms with Crippen LogP contribution < -0.4 is 5.32 Å². The van der Waals surface area contributed by atoms with E-state index in [9.17, 15) is 14.9 Å². The summed E-state index contributed by atoms with van der Waals surface area (Å²) >= 11 is 0. The van der Waals surface area contributed by atoms with E-state index in [2.05, 4.69) is 24.1 Å². The smallest absolute Gasteiger partial charge is 0.311 e. The molecule has 23 heavy (non-hydrogen) atoms. The number of carbonyl (C=O) groups is 1. The highest BCUT2D eigenvalue weighted by molar-refractivity contribution is 5.68. The molecule has 0 aliphatic heterocycles. The minimum atomic E-state index is -0.397. The topological polar surface area (TPSA) is 85.1 Å². The number of hydrogen-bond acceptors (Lipinski definition) is 5. The van der Waals surface area contributed by atoms with E-state index < -0.39 is 4.92 Å². The van der Waals surface area contributed by atoms with Gasteiger partial charge in [-0.25, -0.2) is 4.98 Å². The van der Waals surface area contributed by atoms with Crippen molar-refractivity contribution in [2.45, 2.75) is 64.3 Å². The van der Waals surface area contributed by atoms with Crippen LogP contribution in [-0.2, 0) is 11.2 Å². The maximum absolute atomic E-state index is 11.4. The number of nitrogens with one attached hydrogen (secondary N) is 1. The molecular weight excluding hydrogens is 294 g/mol. The van der Waals surface area contributed by atoms with Gasteiger partial charge in [-0.1, -0.05) is 26.7 Å². The summed E-state index contributed by atoms with van der Waals surface area (Å²) in [5.74, 6) is 0.0588. The molecule has 2 aliphatic carbocycles. The van der Waals surface area contributed by atoms with Crippen LogP contribution in [0.3, 0.4) is 0 Å². The minimum absolute atomic E-state index is 0.0118. The Morgan fingerprint density at radius 2 is 2.09 bits per heavy atom. The summed E-state index contributed by atoms with van der Waals surface area (Å²) in [5.41, 5.74) is 1.52. The largest absolute Gasteiger partial charge is 0.362 e. The summed E-state index contributed by atoms with van der Waals surface area (Å²) in [6.07, 6.45) is 6.70. The molecule has 124 valence electrons. The third-order valence-corrected chi connectivity index (χ3v) is 4.99. The lowest BCUT2D eigenvalue weighted by Crippen LogP contribution is -2.28. The summed E-state index contributed by atoms with van der Waals surface area (Å²) in [7, 11) is 0. The van der Waals surface area contributed by atoms with E-state index in [4.69, 9.17) is 0 Å². The molecule has 1 unspecified atom stereocenters. The van der Waals surface area contributed by atoms with Gasteiger partial charge in [-0.15, -0.1) is 0 Å². The van der Waals surface area contributed by atoms with Crippen LogP contribution in [0.25, 0.3) is 0 Å². The highest BCUT2D eigenvalue weighted by Gasteiger charge is 2.35. The fourth-order valence-electron chi connectivity index (χ4n) is 3.88. The van der Waals surface area contributed by atoms with Crippen molar-refractivity contribution in [1.82, 2.24) is 4.98 Å². The second kappa shape index (κ2) is 5.91. The molecule has 0 spiro atoms. The summed E-state index contributed by atoms with van der Waals surface area (Å²) < 4.78 is 0. The lowest BCUT2D eigenvalue weighted by Gasteiger charge is -2.34. The lowest BCUT2D eigenvalue weighted by atomic mass is 9.71. The lowest BCUT2D eigenvalue weighted by molar-refractivity contribution is -0.384. The Labute approximate surface area is 135 Å². The second-order valence-corrected chi connectivity index (χ2v) is 7.56. The molecule has 3 rings (SSSR count). The predicted octanol–water partition coefficient (Wildman–Crippen LogP) is 3.60. The Morgan fingerprint density at radius 3 is 2.70 bits per heavy atom.